The molecule has 0 atom stereocenters. The van der Waals surface area contributed by atoms with Crippen LogP contribution in [0.15, 0.2) is 48.5 Å². The monoisotopic (exact) mass is 368 g/mol. The summed E-state index contributed by atoms with van der Waals surface area (Å²) in [6.07, 6.45) is 12.0. The predicted molar refractivity (Wildman–Crippen MR) is 114 cm³/mol. The molecular weight excluding hydrogens is 332 g/mol. The van der Waals surface area contributed by atoms with Crippen molar-refractivity contribution in [2.75, 3.05) is 0 Å². The lowest BCUT2D eigenvalue weighted by Gasteiger charge is -2.11. The molecular formula is C25H36O2. The molecule has 0 amide bonds. The van der Waals surface area contributed by atoms with Crippen LogP contribution in [0.2, 0.25) is 0 Å². The van der Waals surface area contributed by atoms with Crippen LogP contribution in [-0.2, 0) is 31.0 Å². The van der Waals surface area contributed by atoms with Crippen molar-refractivity contribution in [2.45, 2.75) is 84.5 Å². The van der Waals surface area contributed by atoms with Crippen LogP contribution < -0.4 is 0 Å². The Hall–Kier alpha value is -1.64. The highest BCUT2D eigenvalue weighted by atomic mass is 16.5. The lowest BCUT2D eigenvalue weighted by Crippen LogP contribution is -1.99. The minimum Gasteiger partial charge on any atom is -0.392 e. The fourth-order valence-corrected chi connectivity index (χ4v) is 3.41. The Morgan fingerprint density at radius 1 is 0.667 bits per heavy atom. The number of aliphatic hydroxyl groups is 1. The summed E-state index contributed by atoms with van der Waals surface area (Å²) in [4.78, 5) is 0. The Kier molecular flexibility index (Phi) is 10.8. The summed E-state index contributed by atoms with van der Waals surface area (Å²) in [6.45, 7) is 3.63. The van der Waals surface area contributed by atoms with Gasteiger partial charge in [0.15, 0.2) is 0 Å². The van der Waals surface area contributed by atoms with Gasteiger partial charge in [0.25, 0.3) is 0 Å². The smallest absolute Gasteiger partial charge is 0.0724 e. The summed E-state index contributed by atoms with van der Waals surface area (Å²) >= 11 is 0. The minimum atomic E-state index is 0.0905. The molecule has 0 aliphatic rings. The molecule has 27 heavy (non-hydrogen) atoms. The zero-order valence-corrected chi connectivity index (χ0v) is 17.0. The summed E-state index contributed by atoms with van der Waals surface area (Å²) in [5.74, 6) is 0. The molecule has 0 radical (unpaired) electrons. The van der Waals surface area contributed by atoms with Crippen molar-refractivity contribution in [2.24, 2.45) is 0 Å². The van der Waals surface area contributed by atoms with E-state index in [-0.39, 0.29) is 6.61 Å². The van der Waals surface area contributed by atoms with E-state index < -0.39 is 0 Å². The Morgan fingerprint density at radius 2 is 1.26 bits per heavy atom. The SMILES string of the molecule is CCCCCCCCCCc1ccccc1COCc1ccc(CO)cc1. The van der Waals surface area contributed by atoms with Gasteiger partial charge in [0.05, 0.1) is 19.8 Å². The fraction of sp³-hybridized carbons (Fsp3) is 0.520. The van der Waals surface area contributed by atoms with Crippen molar-refractivity contribution in [1.29, 1.82) is 0 Å². The minimum absolute atomic E-state index is 0.0905. The fourth-order valence-electron chi connectivity index (χ4n) is 3.41. The number of ether oxygens (including phenoxy) is 1. The maximum atomic E-state index is 9.11. The van der Waals surface area contributed by atoms with Gasteiger partial charge in [-0.1, -0.05) is 100 Å². The van der Waals surface area contributed by atoms with Crippen molar-refractivity contribution in [3.8, 4) is 0 Å². The number of unbranched alkanes of at least 4 members (excludes halogenated alkanes) is 7. The number of hydrogen-bond acceptors (Lipinski definition) is 2. The molecule has 0 unspecified atom stereocenters. The molecule has 0 aliphatic heterocycles. The van der Waals surface area contributed by atoms with Crippen LogP contribution in [0, 0.1) is 0 Å². The van der Waals surface area contributed by atoms with Gasteiger partial charge in [0, 0.05) is 0 Å². The molecule has 0 heterocycles. The van der Waals surface area contributed by atoms with E-state index in [0.717, 1.165) is 17.5 Å². The van der Waals surface area contributed by atoms with Gasteiger partial charge < -0.3 is 9.84 Å². The van der Waals surface area contributed by atoms with E-state index in [9.17, 15) is 0 Å². The van der Waals surface area contributed by atoms with E-state index in [2.05, 4.69) is 31.2 Å². The lowest BCUT2D eigenvalue weighted by molar-refractivity contribution is 0.106. The second kappa shape index (κ2) is 13.5. The highest BCUT2D eigenvalue weighted by Crippen LogP contribution is 2.16. The summed E-state index contributed by atoms with van der Waals surface area (Å²) in [7, 11) is 0. The van der Waals surface area contributed by atoms with Gasteiger partial charge >= 0.3 is 0 Å². The third-order valence-corrected chi connectivity index (χ3v) is 5.15. The van der Waals surface area contributed by atoms with Crippen LogP contribution in [0.5, 0.6) is 0 Å². The highest BCUT2D eigenvalue weighted by molar-refractivity contribution is 5.27. The van der Waals surface area contributed by atoms with E-state index in [4.69, 9.17) is 9.84 Å². The van der Waals surface area contributed by atoms with Crippen molar-refractivity contribution in [3.05, 3.63) is 70.8 Å². The second-order valence-corrected chi connectivity index (χ2v) is 7.46. The van der Waals surface area contributed by atoms with Crippen molar-refractivity contribution in [3.63, 3.8) is 0 Å². The van der Waals surface area contributed by atoms with E-state index in [0.29, 0.717) is 13.2 Å². The molecule has 0 bridgehead atoms. The van der Waals surface area contributed by atoms with Crippen LogP contribution in [0.3, 0.4) is 0 Å². The van der Waals surface area contributed by atoms with Gasteiger partial charge in [0.2, 0.25) is 0 Å². The molecule has 0 aliphatic carbocycles. The first-order chi connectivity index (χ1) is 13.3. The third kappa shape index (κ3) is 8.73. The molecule has 2 rings (SSSR count). The van der Waals surface area contributed by atoms with Crippen LogP contribution in [0.4, 0.5) is 0 Å². The Bertz CT molecular complexity index is 618. The quantitative estimate of drug-likeness (QED) is 0.382. The number of rotatable bonds is 14. The Morgan fingerprint density at radius 3 is 1.93 bits per heavy atom. The largest absolute Gasteiger partial charge is 0.392 e. The first kappa shape index (κ1) is 21.7. The summed E-state index contributed by atoms with van der Waals surface area (Å²) in [6, 6.07) is 16.6. The van der Waals surface area contributed by atoms with Gasteiger partial charge in [-0.3, -0.25) is 0 Å². The molecule has 148 valence electrons. The van der Waals surface area contributed by atoms with Gasteiger partial charge in [-0.25, -0.2) is 0 Å². The molecule has 0 fully saturated rings. The number of aryl methyl sites for hydroxylation is 1. The molecule has 2 nitrogen and oxygen atoms in total. The third-order valence-electron chi connectivity index (χ3n) is 5.15. The zero-order valence-electron chi connectivity index (χ0n) is 17.0. The normalized spacial score (nSPS) is 11.0. The topological polar surface area (TPSA) is 29.5 Å². The van der Waals surface area contributed by atoms with Gasteiger partial charge in [-0.05, 0) is 35.1 Å². The van der Waals surface area contributed by atoms with Gasteiger partial charge in [-0.15, -0.1) is 0 Å². The molecule has 1 N–H and O–H groups in total. The standard InChI is InChI=1S/C25H36O2/c1-2-3-4-5-6-7-8-9-12-24-13-10-11-14-25(24)21-27-20-23-17-15-22(19-26)16-18-23/h10-11,13-18,26H,2-9,12,19-21H2,1H3. The first-order valence-corrected chi connectivity index (χ1v) is 10.7. The number of hydrogen-bond donors (Lipinski definition) is 1. The molecule has 0 aromatic heterocycles. The van der Waals surface area contributed by atoms with E-state index in [1.165, 1.54) is 62.5 Å². The maximum absolute atomic E-state index is 9.11. The molecule has 0 spiro atoms. The summed E-state index contributed by atoms with van der Waals surface area (Å²) < 4.78 is 5.94. The van der Waals surface area contributed by atoms with Crippen LogP contribution in [-0.4, -0.2) is 5.11 Å². The van der Waals surface area contributed by atoms with Gasteiger partial charge in [0.1, 0.15) is 0 Å². The molecule has 2 heteroatoms. The highest BCUT2D eigenvalue weighted by Gasteiger charge is 2.03. The average molecular weight is 369 g/mol. The predicted octanol–water partition coefficient (Wildman–Crippen LogP) is 6.58. The first-order valence-electron chi connectivity index (χ1n) is 10.7. The van der Waals surface area contributed by atoms with Gasteiger partial charge in [-0.2, -0.15) is 0 Å². The molecule has 0 saturated heterocycles. The molecule has 2 aromatic carbocycles. The van der Waals surface area contributed by atoms with Crippen LogP contribution in [0.1, 0.15) is 80.5 Å². The number of aliphatic hydroxyl groups excluding tert-OH is 1. The van der Waals surface area contributed by atoms with E-state index in [1.807, 2.05) is 24.3 Å². The van der Waals surface area contributed by atoms with Crippen molar-refractivity contribution < 1.29 is 9.84 Å². The van der Waals surface area contributed by atoms with Crippen LogP contribution >= 0.6 is 0 Å². The second-order valence-electron chi connectivity index (χ2n) is 7.46. The van der Waals surface area contributed by atoms with Crippen molar-refractivity contribution in [1.82, 2.24) is 0 Å². The maximum Gasteiger partial charge on any atom is 0.0724 e. The summed E-state index contributed by atoms with van der Waals surface area (Å²) in [5.41, 5.74) is 4.83. The Labute approximate surface area is 165 Å². The Balaban J connectivity index is 1.68. The average Bonchev–Trinajstić information content (AvgIpc) is 2.71. The zero-order chi connectivity index (χ0) is 19.2. The summed E-state index contributed by atoms with van der Waals surface area (Å²) in [5, 5.41) is 9.11. The van der Waals surface area contributed by atoms with Crippen LogP contribution in [0.25, 0.3) is 0 Å². The van der Waals surface area contributed by atoms with E-state index in [1.54, 1.807) is 0 Å². The van der Waals surface area contributed by atoms with Crippen molar-refractivity contribution >= 4 is 0 Å². The lowest BCUT2D eigenvalue weighted by atomic mass is 10.0. The molecule has 2 aromatic rings. The molecule has 0 saturated carbocycles. The number of benzene rings is 2. The van der Waals surface area contributed by atoms with E-state index >= 15 is 0 Å².